The number of sulfonamides is 4. The van der Waals surface area contributed by atoms with Gasteiger partial charge >= 0.3 is 66.8 Å². The first-order valence-corrected chi connectivity index (χ1v) is 18.7. The maximum Gasteiger partial charge on any atom is 1.00 e. The van der Waals surface area contributed by atoms with Gasteiger partial charge in [-0.15, -0.1) is 0 Å². The molecule has 0 radical (unpaired) electrons. The number of rotatable bonds is 7. The second kappa shape index (κ2) is 19.2. The van der Waals surface area contributed by atoms with E-state index in [1.165, 1.54) is 15.9 Å². The zero-order chi connectivity index (χ0) is 38.3. The molecule has 0 atom stereocenters. The smallest absolute Gasteiger partial charge is 0.421 e. The molecule has 0 saturated carbocycles. The zero-order valence-corrected chi connectivity index (χ0v) is 32.0. The van der Waals surface area contributed by atoms with E-state index < -0.39 is 70.0 Å². The Labute approximate surface area is 314 Å². The standard InChI is InChI=1S/C18H15P.2C2F6NO4S2.2Au/c1-4-10-16(11-5-1)19(17-12-6-2-7-13-17)18-14-8-3-9-15-18;2*3-1(4,5)14(10,11)9-15(12,13)2(6,7)8;;/h1-15H;;;;/q;2*-1;2*+1. The molecule has 0 unspecified atom stereocenters. The number of nitrogens with zero attached hydrogens (tertiary/aromatic N) is 2. The largest absolute Gasteiger partial charge is 1.00 e. The summed E-state index contributed by atoms with van der Waals surface area (Å²) in [5.41, 5.74) is -24.8. The number of halogens is 12. The van der Waals surface area contributed by atoms with Gasteiger partial charge in [0.2, 0.25) is 0 Å². The van der Waals surface area contributed by atoms with Gasteiger partial charge in [0, 0.05) is 0 Å². The molecule has 3 aromatic carbocycles. The van der Waals surface area contributed by atoms with E-state index in [-0.39, 0.29) is 44.8 Å². The molecule has 0 bridgehead atoms. The zero-order valence-electron chi connectivity index (χ0n) is 23.5. The average molecular weight is 1220 g/mol. The fourth-order valence-electron chi connectivity index (χ4n) is 2.61. The summed E-state index contributed by atoms with van der Waals surface area (Å²) in [6.45, 7) is 0. The molecule has 51 heavy (non-hydrogen) atoms. The van der Waals surface area contributed by atoms with Crippen LogP contribution in [-0.2, 0) is 84.9 Å². The van der Waals surface area contributed by atoms with Gasteiger partial charge in [-0.3, -0.25) is 0 Å². The van der Waals surface area contributed by atoms with Crippen LogP contribution in [0.3, 0.4) is 0 Å². The topological polar surface area (TPSA) is 165 Å². The molecule has 0 aromatic heterocycles. The van der Waals surface area contributed by atoms with Crippen LogP contribution in [0.2, 0.25) is 0 Å². The molecule has 0 spiro atoms. The summed E-state index contributed by atoms with van der Waals surface area (Å²) < 4.78 is 218. The van der Waals surface area contributed by atoms with Crippen molar-refractivity contribution in [2.75, 3.05) is 0 Å². The molecule has 0 aliphatic carbocycles. The van der Waals surface area contributed by atoms with Crippen LogP contribution in [-0.4, -0.2) is 55.7 Å². The van der Waals surface area contributed by atoms with E-state index in [1.54, 1.807) is 0 Å². The molecular weight excluding hydrogens is 1200 g/mol. The molecule has 0 saturated heterocycles. The van der Waals surface area contributed by atoms with Crippen molar-refractivity contribution in [2.24, 2.45) is 0 Å². The van der Waals surface area contributed by atoms with Crippen molar-refractivity contribution in [1.29, 1.82) is 0 Å². The first-order valence-electron chi connectivity index (χ1n) is 11.6. The fourth-order valence-corrected chi connectivity index (χ4v) is 8.33. The van der Waals surface area contributed by atoms with Crippen LogP contribution in [0.1, 0.15) is 0 Å². The summed E-state index contributed by atoms with van der Waals surface area (Å²) >= 11 is 0. The first-order chi connectivity index (χ1) is 21.9. The summed E-state index contributed by atoms with van der Waals surface area (Å²) in [6.07, 6.45) is 0. The van der Waals surface area contributed by atoms with E-state index in [2.05, 4.69) is 91.0 Å². The van der Waals surface area contributed by atoms with Crippen molar-refractivity contribution < 1.29 is 131 Å². The Balaban J connectivity index is 0. The first kappa shape index (κ1) is 51.6. The molecular formula is C22H15Au2F12N2O8PS4. The minimum absolute atomic E-state index is 0. The Morgan fingerprint density at radius 3 is 0.647 bits per heavy atom. The van der Waals surface area contributed by atoms with Gasteiger partial charge in [0.1, 0.15) is 0 Å². The van der Waals surface area contributed by atoms with Crippen LogP contribution < -0.4 is 15.9 Å². The van der Waals surface area contributed by atoms with Gasteiger partial charge in [0.05, 0.1) is 0 Å². The molecule has 3 aromatic rings. The van der Waals surface area contributed by atoms with Gasteiger partial charge in [0.25, 0.3) is 0 Å². The van der Waals surface area contributed by atoms with Gasteiger partial charge in [-0.2, -0.15) is 52.7 Å². The second-order valence-electron chi connectivity index (χ2n) is 8.17. The van der Waals surface area contributed by atoms with Gasteiger partial charge in [-0.25, -0.2) is 33.7 Å². The SMILES string of the molecule is O=S(=O)([N-]S(=O)(=O)C(F)(F)F)C(F)(F)F.O=S(=O)([N-]S(=O)(=O)C(F)(F)F)C(F)(F)F.[Au+].[Au+].c1ccc(P(c2ccccc2)c2ccccc2)cc1. The predicted octanol–water partition coefficient (Wildman–Crippen LogP) is 5.56. The Bertz CT molecular complexity index is 1710. The third-order valence-electron chi connectivity index (χ3n) is 4.61. The molecule has 0 fully saturated rings. The Kier molecular flexibility index (Phi) is 19.4. The van der Waals surface area contributed by atoms with Crippen molar-refractivity contribution in [3.05, 3.63) is 99.3 Å². The van der Waals surface area contributed by atoms with Crippen LogP contribution >= 0.6 is 7.92 Å². The monoisotopic (exact) mass is 1220 g/mol. The third kappa shape index (κ3) is 15.4. The molecule has 296 valence electrons. The van der Waals surface area contributed by atoms with Crippen LogP contribution in [0.5, 0.6) is 0 Å². The van der Waals surface area contributed by atoms with Crippen molar-refractivity contribution in [1.82, 2.24) is 0 Å². The van der Waals surface area contributed by atoms with E-state index in [4.69, 9.17) is 0 Å². The Morgan fingerprint density at radius 2 is 0.510 bits per heavy atom. The molecule has 29 heteroatoms. The average Bonchev–Trinajstić information content (AvgIpc) is 2.92. The maximum atomic E-state index is 11.4. The van der Waals surface area contributed by atoms with Crippen LogP contribution in [0.25, 0.3) is 8.25 Å². The van der Waals surface area contributed by atoms with Crippen LogP contribution in [0.4, 0.5) is 52.7 Å². The number of hydrogen-bond acceptors (Lipinski definition) is 8. The molecule has 0 amide bonds. The van der Waals surface area contributed by atoms with E-state index >= 15 is 0 Å². The van der Waals surface area contributed by atoms with E-state index in [9.17, 15) is 86.4 Å². The van der Waals surface area contributed by atoms with Gasteiger partial charge in [0.15, 0.2) is 40.1 Å². The number of alkyl halides is 12. The summed E-state index contributed by atoms with van der Waals surface area (Å²) in [4.78, 5) is 0. The fraction of sp³-hybridized carbons (Fsp3) is 0.182. The second-order valence-corrected chi connectivity index (χ2v) is 17.2. The third-order valence-corrected chi connectivity index (χ3v) is 12.5. The van der Waals surface area contributed by atoms with Gasteiger partial charge in [-0.05, 0) is 23.8 Å². The molecule has 0 heterocycles. The Morgan fingerprint density at radius 1 is 0.353 bits per heavy atom. The van der Waals surface area contributed by atoms with Crippen LogP contribution in [0, 0.1) is 0 Å². The van der Waals surface area contributed by atoms with Crippen molar-refractivity contribution in [3.63, 3.8) is 0 Å². The minimum atomic E-state index is -6.72. The van der Waals surface area contributed by atoms with Gasteiger partial charge < -0.3 is 8.25 Å². The number of benzene rings is 3. The van der Waals surface area contributed by atoms with Gasteiger partial charge in [-0.1, -0.05) is 91.0 Å². The maximum absolute atomic E-state index is 11.4. The quantitative estimate of drug-likeness (QED) is 0.169. The summed E-state index contributed by atoms with van der Waals surface area (Å²) in [5.74, 6) is 0. The molecule has 0 aliphatic heterocycles. The van der Waals surface area contributed by atoms with Crippen molar-refractivity contribution in [2.45, 2.75) is 22.0 Å². The molecule has 10 nitrogen and oxygen atoms in total. The summed E-state index contributed by atoms with van der Waals surface area (Å²) in [6, 6.07) is 32.3. The van der Waals surface area contributed by atoms with E-state index in [1.807, 2.05) is 0 Å². The molecule has 0 aliphatic rings. The molecule has 0 N–H and O–H groups in total. The van der Waals surface area contributed by atoms with Crippen molar-refractivity contribution in [3.8, 4) is 0 Å². The summed E-state index contributed by atoms with van der Waals surface area (Å²) in [7, 11) is -27.3. The minimum Gasteiger partial charge on any atom is -0.421 e. The number of hydrogen-bond donors (Lipinski definition) is 0. The summed E-state index contributed by atoms with van der Waals surface area (Å²) in [5, 5.41) is 4.19. The van der Waals surface area contributed by atoms with E-state index in [0.717, 1.165) is 8.25 Å². The van der Waals surface area contributed by atoms with Crippen LogP contribution in [0.15, 0.2) is 91.0 Å². The Hall–Kier alpha value is -1.55. The van der Waals surface area contributed by atoms with E-state index in [0.29, 0.717) is 0 Å². The molecule has 3 rings (SSSR count). The van der Waals surface area contributed by atoms with Crippen molar-refractivity contribution >= 4 is 63.9 Å². The normalized spacial score (nSPS) is 13.0. The predicted molar refractivity (Wildman–Crippen MR) is 152 cm³/mol.